The van der Waals surface area contributed by atoms with E-state index in [0.717, 1.165) is 50.5 Å². The van der Waals surface area contributed by atoms with Gasteiger partial charge >= 0.3 is 0 Å². The van der Waals surface area contributed by atoms with Crippen LogP contribution in [0.2, 0.25) is 0 Å². The van der Waals surface area contributed by atoms with E-state index >= 15 is 0 Å². The highest BCUT2D eigenvalue weighted by Gasteiger charge is 2.33. The molecule has 4 rings (SSSR count). The topological polar surface area (TPSA) is 97.0 Å². The highest BCUT2D eigenvalue weighted by molar-refractivity contribution is 5.93. The monoisotopic (exact) mass is 342 g/mol. The van der Waals surface area contributed by atoms with Crippen LogP contribution in [0.3, 0.4) is 0 Å². The van der Waals surface area contributed by atoms with Crippen LogP contribution < -0.4 is 5.32 Å². The van der Waals surface area contributed by atoms with Gasteiger partial charge in [-0.25, -0.2) is 9.97 Å². The Labute approximate surface area is 146 Å². The SMILES string of the molecule is C[C@@H](C(=O)Nc1ncccn1)N1CCC[C@H](c2noc(C3CC3)n2)C1. The summed E-state index contributed by atoms with van der Waals surface area (Å²) in [6.07, 6.45) is 7.55. The van der Waals surface area contributed by atoms with Gasteiger partial charge in [0.05, 0.1) is 6.04 Å². The van der Waals surface area contributed by atoms with Crippen molar-refractivity contribution in [3.8, 4) is 0 Å². The van der Waals surface area contributed by atoms with Crippen LogP contribution in [0.15, 0.2) is 23.0 Å². The van der Waals surface area contributed by atoms with Crippen LogP contribution in [-0.4, -0.2) is 50.0 Å². The highest BCUT2D eigenvalue weighted by atomic mass is 16.5. The Morgan fingerprint density at radius 2 is 2.08 bits per heavy atom. The van der Waals surface area contributed by atoms with Gasteiger partial charge in [0.2, 0.25) is 17.7 Å². The van der Waals surface area contributed by atoms with Crippen molar-refractivity contribution in [2.75, 3.05) is 18.4 Å². The average molecular weight is 342 g/mol. The number of hydrogen-bond acceptors (Lipinski definition) is 7. The summed E-state index contributed by atoms with van der Waals surface area (Å²) >= 11 is 0. The van der Waals surface area contributed by atoms with Gasteiger partial charge in [-0.05, 0) is 45.2 Å². The molecule has 1 aliphatic carbocycles. The van der Waals surface area contributed by atoms with Crippen LogP contribution in [0.25, 0.3) is 0 Å². The fourth-order valence-electron chi connectivity index (χ4n) is 3.22. The molecule has 2 aliphatic rings. The number of amides is 1. The Morgan fingerprint density at radius 3 is 2.84 bits per heavy atom. The lowest BCUT2D eigenvalue weighted by Crippen LogP contribution is -2.46. The third kappa shape index (κ3) is 3.68. The largest absolute Gasteiger partial charge is 0.339 e. The molecular weight excluding hydrogens is 320 g/mol. The normalized spacial score (nSPS) is 22.5. The van der Waals surface area contributed by atoms with Crippen LogP contribution in [0.1, 0.15) is 56.2 Å². The van der Waals surface area contributed by atoms with Crippen LogP contribution in [0.4, 0.5) is 5.95 Å². The maximum Gasteiger partial charge on any atom is 0.243 e. The summed E-state index contributed by atoms with van der Waals surface area (Å²) in [5, 5.41) is 6.94. The Kier molecular flexibility index (Phi) is 4.44. The Bertz CT molecular complexity index is 730. The van der Waals surface area contributed by atoms with Gasteiger partial charge in [0.1, 0.15) is 0 Å². The minimum Gasteiger partial charge on any atom is -0.339 e. The molecule has 8 nitrogen and oxygen atoms in total. The number of rotatable bonds is 5. The van der Waals surface area contributed by atoms with Crippen molar-refractivity contribution in [3.05, 3.63) is 30.2 Å². The second-order valence-corrected chi connectivity index (χ2v) is 6.84. The predicted molar refractivity (Wildman–Crippen MR) is 89.9 cm³/mol. The first kappa shape index (κ1) is 16.1. The van der Waals surface area contributed by atoms with Gasteiger partial charge in [-0.2, -0.15) is 4.98 Å². The fourth-order valence-corrected chi connectivity index (χ4v) is 3.22. The number of aromatic nitrogens is 4. The van der Waals surface area contributed by atoms with Gasteiger partial charge in [0.25, 0.3) is 0 Å². The average Bonchev–Trinajstić information content (AvgIpc) is 3.39. The van der Waals surface area contributed by atoms with Crippen molar-refractivity contribution in [2.45, 2.75) is 50.5 Å². The highest BCUT2D eigenvalue weighted by Crippen LogP contribution is 2.39. The fraction of sp³-hybridized carbons (Fsp3) is 0.588. The third-order valence-electron chi connectivity index (χ3n) is 4.93. The molecule has 1 aliphatic heterocycles. The molecule has 1 saturated carbocycles. The molecular formula is C17H22N6O2. The molecule has 0 radical (unpaired) electrons. The van der Waals surface area contributed by atoms with E-state index < -0.39 is 0 Å². The lowest BCUT2D eigenvalue weighted by Gasteiger charge is -2.34. The first-order valence-electron chi connectivity index (χ1n) is 8.86. The van der Waals surface area contributed by atoms with E-state index in [-0.39, 0.29) is 17.9 Å². The molecule has 1 saturated heterocycles. The molecule has 1 amide bonds. The first-order valence-corrected chi connectivity index (χ1v) is 8.86. The van der Waals surface area contributed by atoms with Gasteiger partial charge in [-0.15, -0.1) is 0 Å². The molecule has 132 valence electrons. The van der Waals surface area contributed by atoms with Crippen LogP contribution in [0, 0.1) is 0 Å². The quantitative estimate of drug-likeness (QED) is 0.887. The number of anilines is 1. The smallest absolute Gasteiger partial charge is 0.243 e. The standard InChI is InChI=1S/C17H22N6O2/c1-11(15(24)21-17-18-7-3-8-19-17)23-9-2-4-13(10-23)14-20-16(25-22-14)12-5-6-12/h3,7-8,11-13H,2,4-6,9-10H2,1H3,(H,18,19,21,24)/t11-,13-/m0/s1. The van der Waals surface area contributed by atoms with Crippen molar-refractivity contribution >= 4 is 11.9 Å². The second kappa shape index (κ2) is 6.87. The molecule has 2 atom stereocenters. The van der Waals surface area contributed by atoms with E-state index in [1.165, 1.54) is 0 Å². The van der Waals surface area contributed by atoms with Gasteiger partial charge in [0, 0.05) is 30.8 Å². The summed E-state index contributed by atoms with van der Waals surface area (Å²) in [4.78, 5) is 27.3. The zero-order chi connectivity index (χ0) is 17.2. The summed E-state index contributed by atoms with van der Waals surface area (Å²) in [5.41, 5.74) is 0. The summed E-state index contributed by atoms with van der Waals surface area (Å²) in [6, 6.07) is 1.45. The molecule has 1 N–H and O–H groups in total. The zero-order valence-electron chi connectivity index (χ0n) is 14.3. The van der Waals surface area contributed by atoms with Gasteiger partial charge in [-0.3, -0.25) is 15.0 Å². The van der Waals surface area contributed by atoms with E-state index in [9.17, 15) is 4.79 Å². The molecule has 8 heteroatoms. The molecule has 0 aromatic carbocycles. The minimum atomic E-state index is -0.263. The molecule has 25 heavy (non-hydrogen) atoms. The Morgan fingerprint density at radius 1 is 1.28 bits per heavy atom. The number of nitrogens with zero attached hydrogens (tertiary/aromatic N) is 5. The minimum absolute atomic E-state index is 0.0985. The van der Waals surface area contributed by atoms with Crippen molar-refractivity contribution in [1.82, 2.24) is 25.0 Å². The second-order valence-electron chi connectivity index (χ2n) is 6.84. The van der Waals surface area contributed by atoms with Crippen LogP contribution in [0.5, 0.6) is 0 Å². The Hall–Kier alpha value is -2.35. The molecule has 0 unspecified atom stereocenters. The van der Waals surface area contributed by atoms with E-state index in [1.807, 2.05) is 6.92 Å². The number of nitrogens with one attached hydrogen (secondary N) is 1. The zero-order valence-corrected chi connectivity index (χ0v) is 14.3. The van der Waals surface area contributed by atoms with Crippen molar-refractivity contribution in [2.24, 2.45) is 0 Å². The summed E-state index contributed by atoms with van der Waals surface area (Å²) in [5.74, 6) is 2.48. The Balaban J connectivity index is 1.38. The lowest BCUT2D eigenvalue weighted by atomic mass is 9.96. The number of likely N-dealkylation sites (tertiary alicyclic amines) is 1. The van der Waals surface area contributed by atoms with Crippen LogP contribution >= 0.6 is 0 Å². The number of hydrogen-bond donors (Lipinski definition) is 1. The van der Waals surface area contributed by atoms with Crippen molar-refractivity contribution in [3.63, 3.8) is 0 Å². The van der Waals surface area contributed by atoms with E-state index in [2.05, 4.69) is 30.3 Å². The third-order valence-corrected chi connectivity index (χ3v) is 4.93. The van der Waals surface area contributed by atoms with Gasteiger partial charge in [0.15, 0.2) is 5.82 Å². The van der Waals surface area contributed by atoms with E-state index in [1.54, 1.807) is 18.5 Å². The maximum absolute atomic E-state index is 12.5. The van der Waals surface area contributed by atoms with Gasteiger partial charge < -0.3 is 4.52 Å². The molecule has 2 aromatic rings. The summed E-state index contributed by atoms with van der Waals surface area (Å²) in [6.45, 7) is 3.55. The molecule has 0 bridgehead atoms. The molecule has 2 aromatic heterocycles. The summed E-state index contributed by atoms with van der Waals surface area (Å²) < 4.78 is 5.39. The number of carbonyl (C=O) groups excluding carboxylic acids is 1. The van der Waals surface area contributed by atoms with Gasteiger partial charge in [-0.1, -0.05) is 5.16 Å². The van der Waals surface area contributed by atoms with E-state index in [4.69, 9.17) is 4.52 Å². The van der Waals surface area contributed by atoms with Crippen molar-refractivity contribution in [1.29, 1.82) is 0 Å². The van der Waals surface area contributed by atoms with Crippen molar-refractivity contribution < 1.29 is 9.32 Å². The number of carbonyl (C=O) groups is 1. The molecule has 2 fully saturated rings. The number of piperidine rings is 1. The van der Waals surface area contributed by atoms with Crippen LogP contribution in [-0.2, 0) is 4.79 Å². The summed E-state index contributed by atoms with van der Waals surface area (Å²) in [7, 11) is 0. The molecule has 0 spiro atoms. The lowest BCUT2D eigenvalue weighted by molar-refractivity contribution is -0.121. The van der Waals surface area contributed by atoms with E-state index in [0.29, 0.717) is 11.9 Å². The first-order chi connectivity index (χ1) is 12.2. The maximum atomic E-state index is 12.5. The predicted octanol–water partition coefficient (Wildman–Crippen LogP) is 1.94. The molecule has 3 heterocycles.